The van der Waals surface area contributed by atoms with Crippen LogP contribution in [-0.4, -0.2) is 49.0 Å². The fourth-order valence-electron chi connectivity index (χ4n) is 2.04. The molecule has 0 radical (unpaired) electrons. The van der Waals surface area contributed by atoms with E-state index in [2.05, 4.69) is 0 Å². The van der Waals surface area contributed by atoms with Gasteiger partial charge in [0.2, 0.25) is 5.84 Å². The average molecular weight is 238 g/mol. The normalized spacial score (nSPS) is 25.1. The minimum Gasteiger partial charge on any atom is -0.353 e. The molecule has 0 atom stereocenters. The summed E-state index contributed by atoms with van der Waals surface area (Å²) in [5, 5.41) is 7.01. The van der Waals surface area contributed by atoms with Gasteiger partial charge in [-0.15, -0.1) is 0 Å². The topological polar surface area (TPSA) is 45.6 Å². The van der Waals surface area contributed by atoms with Crippen molar-refractivity contribution in [3.8, 4) is 0 Å². The molecule has 7 heteroatoms. The molecule has 1 spiro atoms. The highest BCUT2D eigenvalue weighted by Gasteiger charge is 2.44. The van der Waals surface area contributed by atoms with E-state index in [1.54, 1.807) is 0 Å². The van der Waals surface area contributed by atoms with Crippen LogP contribution in [0.2, 0.25) is 0 Å². The quantitative estimate of drug-likeness (QED) is 0.512. The first-order valence-corrected chi connectivity index (χ1v) is 5.12. The number of nitrogens with zero attached hydrogens (tertiary/aromatic N) is 1. The van der Waals surface area contributed by atoms with Gasteiger partial charge in [0.05, 0.1) is 13.2 Å². The van der Waals surface area contributed by atoms with Crippen molar-refractivity contribution in [2.75, 3.05) is 26.3 Å². The van der Waals surface area contributed by atoms with Crippen LogP contribution in [0.3, 0.4) is 0 Å². The van der Waals surface area contributed by atoms with E-state index in [1.165, 1.54) is 0 Å². The molecule has 0 aromatic carbocycles. The molecule has 2 rings (SSSR count). The minimum absolute atomic E-state index is 0.151. The van der Waals surface area contributed by atoms with Gasteiger partial charge in [-0.1, -0.05) is 0 Å². The van der Waals surface area contributed by atoms with E-state index >= 15 is 0 Å². The maximum atomic E-state index is 12.3. The van der Waals surface area contributed by atoms with Gasteiger partial charge >= 0.3 is 6.18 Å². The highest BCUT2D eigenvalue weighted by atomic mass is 19.4. The number of likely N-dealkylation sites (tertiary alicyclic amines) is 1. The number of rotatable bonds is 0. The van der Waals surface area contributed by atoms with Crippen molar-refractivity contribution in [3.63, 3.8) is 0 Å². The molecule has 0 aromatic rings. The lowest BCUT2D eigenvalue weighted by Crippen LogP contribution is -2.50. The highest BCUT2D eigenvalue weighted by molar-refractivity contribution is 5.84. The lowest BCUT2D eigenvalue weighted by molar-refractivity contribution is -0.182. The lowest BCUT2D eigenvalue weighted by Gasteiger charge is -2.38. The maximum Gasteiger partial charge on any atom is 0.448 e. The van der Waals surface area contributed by atoms with E-state index in [4.69, 9.17) is 14.9 Å². The molecule has 0 bridgehead atoms. The zero-order valence-electron chi connectivity index (χ0n) is 8.64. The predicted octanol–water partition coefficient (Wildman–Crippen LogP) is 1.36. The third-order valence-corrected chi connectivity index (χ3v) is 2.92. The summed E-state index contributed by atoms with van der Waals surface area (Å²) in [5.74, 6) is -1.97. The van der Waals surface area contributed by atoms with E-state index in [-0.39, 0.29) is 13.1 Å². The van der Waals surface area contributed by atoms with Crippen molar-refractivity contribution in [3.05, 3.63) is 0 Å². The summed E-state index contributed by atoms with van der Waals surface area (Å²) in [4.78, 5) is 1.02. The van der Waals surface area contributed by atoms with Gasteiger partial charge in [-0.25, -0.2) is 0 Å². The molecule has 0 saturated carbocycles. The highest BCUT2D eigenvalue weighted by Crippen LogP contribution is 2.32. The van der Waals surface area contributed by atoms with Gasteiger partial charge in [-0.2, -0.15) is 13.2 Å². The van der Waals surface area contributed by atoms with Crippen molar-refractivity contribution in [1.82, 2.24) is 4.90 Å². The van der Waals surface area contributed by atoms with Gasteiger partial charge in [0.25, 0.3) is 0 Å². The van der Waals surface area contributed by atoms with Gasteiger partial charge in [-0.3, -0.25) is 5.41 Å². The molecule has 0 amide bonds. The zero-order valence-corrected chi connectivity index (χ0v) is 8.64. The Bertz CT molecular complexity index is 277. The Morgan fingerprint density at radius 2 is 1.62 bits per heavy atom. The molecule has 2 saturated heterocycles. The summed E-state index contributed by atoms with van der Waals surface area (Å²) in [7, 11) is 0. The summed E-state index contributed by atoms with van der Waals surface area (Å²) in [6.45, 7) is 1.30. The van der Waals surface area contributed by atoms with Crippen LogP contribution >= 0.6 is 0 Å². The molecule has 92 valence electrons. The third-order valence-electron chi connectivity index (χ3n) is 2.92. The Morgan fingerprint density at radius 1 is 1.12 bits per heavy atom. The van der Waals surface area contributed by atoms with Crippen molar-refractivity contribution in [1.29, 1.82) is 5.41 Å². The smallest absolute Gasteiger partial charge is 0.353 e. The number of hydrogen-bond acceptors (Lipinski definition) is 3. The van der Waals surface area contributed by atoms with Gasteiger partial charge < -0.3 is 14.4 Å². The molecule has 0 aliphatic carbocycles. The van der Waals surface area contributed by atoms with Gasteiger partial charge in [-0.05, 0) is 0 Å². The Kier molecular flexibility index (Phi) is 2.83. The summed E-state index contributed by atoms with van der Waals surface area (Å²) in [6.07, 6.45) is -3.81. The van der Waals surface area contributed by atoms with E-state index in [0.29, 0.717) is 26.1 Å². The first kappa shape index (κ1) is 11.7. The Hall–Kier alpha value is -0.820. The number of nitrogens with one attached hydrogen (secondary N) is 1. The second kappa shape index (κ2) is 3.89. The predicted molar refractivity (Wildman–Crippen MR) is 49.2 cm³/mol. The first-order chi connectivity index (χ1) is 7.43. The third kappa shape index (κ3) is 2.15. The molecule has 2 aliphatic heterocycles. The van der Waals surface area contributed by atoms with Gasteiger partial charge in [0.1, 0.15) is 0 Å². The molecule has 0 aromatic heterocycles. The van der Waals surface area contributed by atoms with Crippen molar-refractivity contribution in [2.45, 2.75) is 24.8 Å². The van der Waals surface area contributed by atoms with Crippen molar-refractivity contribution >= 4 is 5.84 Å². The standard InChI is InChI=1S/C9H13F3N2O2/c10-9(11,12)7(13)14-3-1-8(2-4-14)15-5-6-16-8/h13H,1-6H2. The molecule has 2 heterocycles. The molecule has 0 unspecified atom stereocenters. The van der Waals surface area contributed by atoms with Crippen LogP contribution in [0.5, 0.6) is 0 Å². The zero-order chi connectivity index (χ0) is 11.8. The summed E-state index contributed by atoms with van der Waals surface area (Å²) >= 11 is 0. The Labute approximate surface area is 90.8 Å². The first-order valence-electron chi connectivity index (χ1n) is 5.12. The molecular weight excluding hydrogens is 225 g/mol. The summed E-state index contributed by atoms with van der Waals surface area (Å²) in [5.41, 5.74) is 0. The fraction of sp³-hybridized carbons (Fsp3) is 0.889. The summed E-state index contributed by atoms with van der Waals surface area (Å²) in [6, 6.07) is 0. The van der Waals surface area contributed by atoms with E-state index < -0.39 is 17.8 Å². The number of ether oxygens (including phenoxy) is 2. The number of piperidine rings is 1. The second-order valence-corrected chi connectivity index (χ2v) is 3.94. The minimum atomic E-state index is -4.57. The molecular formula is C9H13F3N2O2. The van der Waals surface area contributed by atoms with Gasteiger partial charge in [0, 0.05) is 25.9 Å². The molecule has 2 aliphatic rings. The molecule has 16 heavy (non-hydrogen) atoms. The monoisotopic (exact) mass is 238 g/mol. The van der Waals surface area contributed by atoms with Crippen LogP contribution in [-0.2, 0) is 9.47 Å². The second-order valence-electron chi connectivity index (χ2n) is 3.94. The van der Waals surface area contributed by atoms with Crippen LogP contribution in [0.15, 0.2) is 0 Å². The number of hydrogen-bond donors (Lipinski definition) is 1. The lowest BCUT2D eigenvalue weighted by atomic mass is 10.0. The average Bonchev–Trinajstić information content (AvgIpc) is 2.66. The van der Waals surface area contributed by atoms with Crippen molar-refractivity contribution in [2.24, 2.45) is 0 Å². The molecule has 2 fully saturated rings. The van der Waals surface area contributed by atoms with Crippen molar-refractivity contribution < 1.29 is 22.6 Å². The van der Waals surface area contributed by atoms with Gasteiger partial charge in [0.15, 0.2) is 5.79 Å². The number of amidine groups is 1. The SMILES string of the molecule is N=C(N1CCC2(CC1)OCCO2)C(F)(F)F. The Morgan fingerprint density at radius 3 is 2.06 bits per heavy atom. The molecule has 4 nitrogen and oxygen atoms in total. The van der Waals surface area contributed by atoms with Crippen LogP contribution in [0, 0.1) is 5.41 Å². The maximum absolute atomic E-state index is 12.3. The van der Waals surface area contributed by atoms with Crippen LogP contribution in [0.4, 0.5) is 13.2 Å². The Balaban J connectivity index is 1.92. The van der Waals surface area contributed by atoms with E-state index in [1.807, 2.05) is 0 Å². The van der Waals surface area contributed by atoms with E-state index in [9.17, 15) is 13.2 Å². The van der Waals surface area contributed by atoms with Crippen LogP contribution < -0.4 is 0 Å². The fourth-order valence-corrected chi connectivity index (χ4v) is 2.04. The molecule has 1 N–H and O–H groups in total. The van der Waals surface area contributed by atoms with E-state index in [0.717, 1.165) is 4.90 Å². The van der Waals surface area contributed by atoms with Crippen LogP contribution in [0.25, 0.3) is 0 Å². The number of alkyl halides is 3. The largest absolute Gasteiger partial charge is 0.448 e. The van der Waals surface area contributed by atoms with Crippen LogP contribution in [0.1, 0.15) is 12.8 Å². The number of halogens is 3. The summed E-state index contributed by atoms with van der Waals surface area (Å²) < 4.78 is 47.6.